The lowest BCUT2D eigenvalue weighted by Gasteiger charge is -2.26. The number of nitrogens with zero attached hydrogens (tertiary/aromatic N) is 3. The Labute approximate surface area is 166 Å². The molecule has 0 bridgehead atoms. The third kappa shape index (κ3) is 5.45. The quantitative estimate of drug-likeness (QED) is 0.566. The predicted molar refractivity (Wildman–Crippen MR) is 116 cm³/mol. The first kappa shape index (κ1) is 19.7. The van der Waals surface area contributed by atoms with E-state index in [1.165, 1.54) is 23.5 Å². The van der Waals surface area contributed by atoms with E-state index in [0.29, 0.717) is 0 Å². The van der Waals surface area contributed by atoms with Crippen LogP contribution in [0.1, 0.15) is 37.9 Å². The minimum Gasteiger partial charge on any atom is -0.356 e. The van der Waals surface area contributed by atoms with Crippen molar-refractivity contribution in [2.24, 2.45) is 4.99 Å². The second kappa shape index (κ2) is 9.22. The van der Waals surface area contributed by atoms with Gasteiger partial charge in [-0.2, -0.15) is 0 Å². The fourth-order valence-electron chi connectivity index (χ4n) is 3.29. The highest BCUT2D eigenvalue weighted by Crippen LogP contribution is 2.24. The Bertz CT molecular complexity index is 732. The van der Waals surface area contributed by atoms with Crippen molar-refractivity contribution in [2.45, 2.75) is 38.5 Å². The molecule has 1 aliphatic heterocycles. The Morgan fingerprint density at radius 1 is 1.19 bits per heavy atom. The first-order valence-electron chi connectivity index (χ1n) is 9.78. The summed E-state index contributed by atoms with van der Waals surface area (Å²) in [5, 5.41) is 10.2. The van der Waals surface area contributed by atoms with Crippen LogP contribution in [-0.4, -0.2) is 44.2 Å². The summed E-state index contributed by atoms with van der Waals surface area (Å²) in [4.78, 5) is 11.5. The zero-order valence-corrected chi connectivity index (χ0v) is 17.5. The Morgan fingerprint density at radius 2 is 1.93 bits per heavy atom. The van der Waals surface area contributed by atoms with Gasteiger partial charge in [0.1, 0.15) is 0 Å². The summed E-state index contributed by atoms with van der Waals surface area (Å²) in [5.74, 6) is 0.842. The molecule has 3 rings (SSSR count). The molecule has 2 heterocycles. The van der Waals surface area contributed by atoms with Crippen LogP contribution in [-0.2, 0) is 11.8 Å². The van der Waals surface area contributed by atoms with Gasteiger partial charge in [-0.1, -0.05) is 44.2 Å². The maximum Gasteiger partial charge on any atom is 0.191 e. The lowest BCUT2D eigenvalue weighted by Crippen LogP contribution is -2.44. The minimum atomic E-state index is 0.0401. The van der Waals surface area contributed by atoms with Crippen molar-refractivity contribution >= 4 is 22.4 Å². The molecular weight excluding hydrogens is 354 g/mol. The number of hydrogen-bond acceptors (Lipinski definition) is 4. The van der Waals surface area contributed by atoms with Crippen LogP contribution in [0.5, 0.6) is 0 Å². The molecule has 0 aliphatic carbocycles. The topological polar surface area (TPSA) is 52.6 Å². The highest BCUT2D eigenvalue weighted by molar-refractivity contribution is 7.13. The number of nitrogens with one attached hydrogen (secondary N) is 2. The molecule has 1 saturated heterocycles. The summed E-state index contributed by atoms with van der Waals surface area (Å²) in [7, 11) is 1.82. The summed E-state index contributed by atoms with van der Waals surface area (Å²) in [6, 6.07) is 10.6. The second-order valence-corrected chi connectivity index (χ2v) is 8.50. The van der Waals surface area contributed by atoms with Crippen LogP contribution < -0.4 is 15.5 Å². The van der Waals surface area contributed by atoms with E-state index in [1.807, 2.05) is 7.05 Å². The zero-order chi connectivity index (χ0) is 19.1. The number of benzene rings is 1. The van der Waals surface area contributed by atoms with Crippen molar-refractivity contribution in [1.82, 2.24) is 15.6 Å². The molecule has 0 radical (unpaired) electrons. The highest BCUT2D eigenvalue weighted by atomic mass is 32.1. The van der Waals surface area contributed by atoms with Gasteiger partial charge in [-0.3, -0.25) is 4.99 Å². The van der Waals surface area contributed by atoms with Crippen LogP contribution >= 0.6 is 11.3 Å². The zero-order valence-electron chi connectivity index (χ0n) is 16.7. The molecule has 146 valence electrons. The molecule has 1 aromatic carbocycles. The summed E-state index contributed by atoms with van der Waals surface area (Å²) in [6.07, 6.45) is 3.49. The van der Waals surface area contributed by atoms with Crippen molar-refractivity contribution in [3.63, 3.8) is 0 Å². The number of hydrogen-bond donors (Lipinski definition) is 2. The van der Waals surface area contributed by atoms with Crippen LogP contribution in [0.4, 0.5) is 5.13 Å². The van der Waals surface area contributed by atoms with Crippen LogP contribution in [0.15, 0.2) is 40.7 Å². The molecule has 5 nitrogen and oxygen atoms in total. The van der Waals surface area contributed by atoms with Crippen molar-refractivity contribution in [2.75, 3.05) is 38.1 Å². The van der Waals surface area contributed by atoms with Gasteiger partial charge in [0, 0.05) is 50.4 Å². The Hall–Kier alpha value is -2.08. The fourth-order valence-corrected chi connectivity index (χ4v) is 4.20. The summed E-state index contributed by atoms with van der Waals surface area (Å²) >= 11 is 1.76. The van der Waals surface area contributed by atoms with E-state index < -0.39 is 0 Å². The Balaban J connectivity index is 1.44. The smallest absolute Gasteiger partial charge is 0.191 e. The average molecular weight is 386 g/mol. The molecule has 2 aromatic rings. The van der Waals surface area contributed by atoms with E-state index in [4.69, 9.17) is 4.98 Å². The van der Waals surface area contributed by atoms with Gasteiger partial charge in [-0.15, -0.1) is 11.3 Å². The van der Waals surface area contributed by atoms with Crippen molar-refractivity contribution in [1.29, 1.82) is 0 Å². The monoisotopic (exact) mass is 385 g/mol. The molecule has 1 aromatic heterocycles. The van der Waals surface area contributed by atoms with Gasteiger partial charge in [-0.05, 0) is 18.4 Å². The van der Waals surface area contributed by atoms with Gasteiger partial charge in [0.2, 0.25) is 0 Å². The molecular formula is C21H31N5S. The lowest BCUT2D eigenvalue weighted by atomic mass is 9.85. The van der Waals surface area contributed by atoms with Crippen molar-refractivity contribution < 1.29 is 0 Å². The summed E-state index contributed by atoms with van der Waals surface area (Å²) in [5.41, 5.74) is 2.53. The molecule has 6 heteroatoms. The number of anilines is 1. The maximum absolute atomic E-state index is 4.78. The number of aromatic nitrogens is 1. The molecule has 27 heavy (non-hydrogen) atoms. The number of aliphatic imine (C=N–C) groups is 1. The van der Waals surface area contributed by atoms with Gasteiger partial charge in [-0.25, -0.2) is 4.98 Å². The van der Waals surface area contributed by atoms with Crippen LogP contribution in [0.2, 0.25) is 0 Å². The van der Waals surface area contributed by atoms with E-state index >= 15 is 0 Å². The van der Waals surface area contributed by atoms with E-state index in [0.717, 1.165) is 44.3 Å². The molecule has 1 aliphatic rings. The molecule has 0 saturated carbocycles. The number of guanidine groups is 1. The Kier molecular flexibility index (Phi) is 6.72. The van der Waals surface area contributed by atoms with E-state index in [2.05, 4.69) is 70.1 Å². The van der Waals surface area contributed by atoms with Crippen molar-refractivity contribution in [3.8, 4) is 0 Å². The first-order valence-corrected chi connectivity index (χ1v) is 10.7. The van der Waals surface area contributed by atoms with Crippen LogP contribution in [0.25, 0.3) is 0 Å². The van der Waals surface area contributed by atoms with Gasteiger partial charge in [0.05, 0.1) is 5.69 Å². The van der Waals surface area contributed by atoms with Gasteiger partial charge >= 0.3 is 0 Å². The van der Waals surface area contributed by atoms with E-state index in [1.54, 1.807) is 11.3 Å². The van der Waals surface area contributed by atoms with Crippen LogP contribution in [0, 0.1) is 0 Å². The Morgan fingerprint density at radius 3 is 2.63 bits per heavy atom. The van der Waals surface area contributed by atoms with Gasteiger partial charge in [0.15, 0.2) is 11.1 Å². The maximum atomic E-state index is 4.78. The third-order valence-electron chi connectivity index (χ3n) is 5.07. The van der Waals surface area contributed by atoms with E-state index in [9.17, 15) is 0 Å². The van der Waals surface area contributed by atoms with Crippen LogP contribution in [0.3, 0.4) is 0 Å². The predicted octanol–water partition coefficient (Wildman–Crippen LogP) is 3.43. The molecule has 1 fully saturated rings. The first-order chi connectivity index (χ1) is 13.1. The normalized spacial score (nSPS) is 15.2. The van der Waals surface area contributed by atoms with E-state index in [-0.39, 0.29) is 5.41 Å². The standard InChI is InChI=1S/C21H31N5S/c1-21(2,17-9-5-4-6-10-17)16-24-19(22-3)23-12-11-18-15-27-20(25-18)26-13-7-8-14-26/h4-6,9-10,15H,7-8,11-14,16H2,1-3H3,(H2,22,23,24). The average Bonchev–Trinajstić information content (AvgIpc) is 3.37. The molecule has 0 amide bonds. The summed E-state index contributed by atoms with van der Waals surface area (Å²) in [6.45, 7) is 8.45. The largest absolute Gasteiger partial charge is 0.356 e. The third-order valence-corrected chi connectivity index (χ3v) is 6.02. The molecule has 2 N–H and O–H groups in total. The summed E-state index contributed by atoms with van der Waals surface area (Å²) < 4.78 is 0. The SMILES string of the molecule is CN=C(NCCc1csc(N2CCCC2)n1)NCC(C)(C)c1ccccc1. The van der Waals surface area contributed by atoms with Crippen molar-refractivity contribution in [3.05, 3.63) is 47.0 Å². The van der Waals surface area contributed by atoms with Gasteiger partial charge in [0.25, 0.3) is 0 Å². The van der Waals surface area contributed by atoms with Gasteiger partial charge < -0.3 is 15.5 Å². The fraction of sp³-hybridized carbons (Fsp3) is 0.524. The highest BCUT2D eigenvalue weighted by Gasteiger charge is 2.20. The molecule has 0 unspecified atom stereocenters. The minimum absolute atomic E-state index is 0.0401. The lowest BCUT2D eigenvalue weighted by molar-refractivity contribution is 0.508. The molecule has 0 atom stereocenters. The number of rotatable bonds is 7. The molecule has 0 spiro atoms. The number of thiazole rings is 1. The second-order valence-electron chi connectivity index (χ2n) is 7.67.